The molecule has 0 radical (unpaired) electrons. The Labute approximate surface area is 140 Å². The van der Waals surface area contributed by atoms with Gasteiger partial charge in [0.05, 0.1) is 6.04 Å². The third-order valence-corrected chi connectivity index (χ3v) is 3.42. The lowest BCUT2D eigenvalue weighted by atomic mass is 10.0. The molecular weight excluding hydrogens is 306 g/mol. The van der Waals surface area contributed by atoms with Gasteiger partial charge in [-0.25, -0.2) is 0 Å². The van der Waals surface area contributed by atoms with Gasteiger partial charge in [-0.15, -0.1) is 0 Å². The van der Waals surface area contributed by atoms with Crippen molar-refractivity contribution >= 4 is 18.1 Å². The maximum Gasteiger partial charge on any atom is 0.252 e. The lowest BCUT2D eigenvalue weighted by Gasteiger charge is -2.19. The summed E-state index contributed by atoms with van der Waals surface area (Å²) in [5, 5.41) is 5.29. The van der Waals surface area contributed by atoms with Crippen molar-refractivity contribution in [3.8, 4) is 0 Å². The monoisotopic (exact) mass is 325 g/mol. The predicted octanol–water partition coefficient (Wildman–Crippen LogP) is 1.13. The molecule has 2 amide bonds. The molecule has 2 N–H and O–H groups in total. The van der Waals surface area contributed by atoms with Crippen LogP contribution in [0, 0.1) is 0 Å². The van der Waals surface area contributed by atoms with Gasteiger partial charge in [0.25, 0.3) is 5.91 Å². The number of carbonyl (C=O) groups excluding carboxylic acids is 3. The molecule has 24 heavy (non-hydrogen) atoms. The summed E-state index contributed by atoms with van der Waals surface area (Å²) in [6.07, 6.45) is 3.99. The number of hydrogen-bond donors (Lipinski definition) is 2. The number of aldehydes is 1. The lowest BCUT2D eigenvalue weighted by molar-refractivity contribution is -0.125. The van der Waals surface area contributed by atoms with Gasteiger partial charge in [0.1, 0.15) is 12.3 Å². The summed E-state index contributed by atoms with van der Waals surface area (Å²) in [6.45, 7) is 1.58. The summed E-state index contributed by atoms with van der Waals surface area (Å²) >= 11 is 0. The molecule has 1 heterocycles. The minimum atomic E-state index is -0.782. The van der Waals surface area contributed by atoms with Crippen molar-refractivity contribution in [2.45, 2.75) is 25.4 Å². The maximum absolute atomic E-state index is 12.4. The molecule has 2 rings (SSSR count). The van der Waals surface area contributed by atoms with Crippen molar-refractivity contribution in [3.05, 3.63) is 66.0 Å². The fourth-order valence-electron chi connectivity index (χ4n) is 2.16. The first kappa shape index (κ1) is 17.3. The first-order chi connectivity index (χ1) is 11.6. The zero-order valence-electron chi connectivity index (χ0n) is 13.3. The summed E-state index contributed by atoms with van der Waals surface area (Å²) in [6, 6.07) is 11.1. The maximum atomic E-state index is 12.4. The first-order valence-electron chi connectivity index (χ1n) is 7.60. The van der Waals surface area contributed by atoms with Crippen LogP contribution in [0.4, 0.5) is 0 Å². The van der Waals surface area contributed by atoms with E-state index in [0.717, 1.165) is 5.56 Å². The highest BCUT2D eigenvalue weighted by Gasteiger charge is 2.23. The third kappa shape index (κ3) is 5.01. The van der Waals surface area contributed by atoms with Crippen molar-refractivity contribution in [1.29, 1.82) is 0 Å². The quantitative estimate of drug-likeness (QED) is 0.747. The Morgan fingerprint density at radius 2 is 1.75 bits per heavy atom. The molecule has 6 heteroatoms. The van der Waals surface area contributed by atoms with Crippen molar-refractivity contribution in [1.82, 2.24) is 15.6 Å². The Morgan fingerprint density at radius 3 is 2.38 bits per heavy atom. The van der Waals surface area contributed by atoms with Crippen molar-refractivity contribution < 1.29 is 14.4 Å². The Morgan fingerprint density at radius 1 is 1.08 bits per heavy atom. The Kier molecular flexibility index (Phi) is 6.19. The minimum absolute atomic E-state index is 0.328. The highest BCUT2D eigenvalue weighted by molar-refractivity contribution is 5.97. The number of aromatic nitrogens is 1. The van der Waals surface area contributed by atoms with Crippen LogP contribution < -0.4 is 10.6 Å². The number of rotatable bonds is 7. The number of hydrogen-bond acceptors (Lipinski definition) is 4. The van der Waals surface area contributed by atoms with Crippen LogP contribution in [0.3, 0.4) is 0 Å². The summed E-state index contributed by atoms with van der Waals surface area (Å²) in [5.74, 6) is -0.770. The van der Waals surface area contributed by atoms with E-state index >= 15 is 0 Å². The summed E-state index contributed by atoms with van der Waals surface area (Å²) in [7, 11) is 0. The van der Waals surface area contributed by atoms with Crippen LogP contribution in [0.15, 0.2) is 54.9 Å². The van der Waals surface area contributed by atoms with E-state index in [9.17, 15) is 14.4 Å². The van der Waals surface area contributed by atoms with Crippen LogP contribution in [-0.2, 0) is 16.0 Å². The molecule has 124 valence electrons. The zero-order valence-corrected chi connectivity index (χ0v) is 13.3. The number of benzene rings is 1. The van der Waals surface area contributed by atoms with E-state index in [-0.39, 0.29) is 5.91 Å². The van der Waals surface area contributed by atoms with Crippen LogP contribution in [0.2, 0.25) is 0 Å². The van der Waals surface area contributed by atoms with Crippen molar-refractivity contribution in [2.75, 3.05) is 0 Å². The predicted molar refractivity (Wildman–Crippen MR) is 89.3 cm³/mol. The number of amides is 2. The molecule has 0 unspecified atom stereocenters. The number of nitrogens with one attached hydrogen (secondary N) is 2. The molecule has 0 fully saturated rings. The average Bonchev–Trinajstić information content (AvgIpc) is 2.62. The Hall–Kier alpha value is -3.02. The van der Waals surface area contributed by atoms with E-state index in [1.165, 1.54) is 12.4 Å². The van der Waals surface area contributed by atoms with Crippen LogP contribution >= 0.6 is 0 Å². The van der Waals surface area contributed by atoms with E-state index in [4.69, 9.17) is 0 Å². The molecule has 0 aliphatic rings. The van der Waals surface area contributed by atoms with E-state index < -0.39 is 18.0 Å². The van der Waals surface area contributed by atoms with Gasteiger partial charge in [-0.1, -0.05) is 30.3 Å². The second-order valence-electron chi connectivity index (χ2n) is 5.39. The minimum Gasteiger partial charge on any atom is -0.345 e. The highest BCUT2D eigenvalue weighted by Crippen LogP contribution is 2.05. The molecule has 6 nitrogen and oxygen atoms in total. The van der Waals surface area contributed by atoms with Gasteiger partial charge in [0.15, 0.2) is 0 Å². The van der Waals surface area contributed by atoms with Gasteiger partial charge >= 0.3 is 0 Å². The van der Waals surface area contributed by atoms with Crippen LogP contribution in [0.25, 0.3) is 0 Å². The van der Waals surface area contributed by atoms with E-state index in [0.29, 0.717) is 18.3 Å². The molecular formula is C18H19N3O3. The van der Waals surface area contributed by atoms with Crippen molar-refractivity contribution in [2.24, 2.45) is 0 Å². The third-order valence-electron chi connectivity index (χ3n) is 3.42. The SMILES string of the molecule is C[C@@H](C=O)NC(=O)[C@H](Cc1ccccc1)NC(=O)c1ccncc1. The second-order valence-corrected chi connectivity index (χ2v) is 5.39. The molecule has 0 bridgehead atoms. The molecule has 0 aliphatic heterocycles. The van der Waals surface area contributed by atoms with Gasteiger partial charge in [-0.2, -0.15) is 0 Å². The lowest BCUT2D eigenvalue weighted by Crippen LogP contribution is -2.50. The molecule has 1 aromatic heterocycles. The average molecular weight is 325 g/mol. The van der Waals surface area contributed by atoms with Gasteiger partial charge < -0.3 is 15.4 Å². The summed E-state index contributed by atoms with van der Waals surface area (Å²) in [4.78, 5) is 39.3. The van der Waals surface area contributed by atoms with Gasteiger partial charge in [-0.05, 0) is 24.6 Å². The highest BCUT2D eigenvalue weighted by atomic mass is 16.2. The molecule has 0 spiro atoms. The van der Waals surface area contributed by atoms with Crippen LogP contribution in [-0.4, -0.2) is 35.2 Å². The number of pyridine rings is 1. The second kappa shape index (κ2) is 8.57. The molecule has 2 aromatic rings. The molecule has 0 aliphatic carbocycles. The fraction of sp³-hybridized carbons (Fsp3) is 0.222. The van der Waals surface area contributed by atoms with E-state index in [2.05, 4.69) is 15.6 Å². The zero-order chi connectivity index (χ0) is 17.4. The smallest absolute Gasteiger partial charge is 0.252 e. The fourth-order valence-corrected chi connectivity index (χ4v) is 2.16. The summed E-state index contributed by atoms with van der Waals surface area (Å²) in [5.41, 5.74) is 1.32. The first-order valence-corrected chi connectivity index (χ1v) is 7.60. The summed E-state index contributed by atoms with van der Waals surface area (Å²) < 4.78 is 0. The van der Waals surface area contributed by atoms with Crippen LogP contribution in [0.1, 0.15) is 22.8 Å². The normalized spacial score (nSPS) is 12.7. The number of carbonyl (C=O) groups is 3. The van der Waals surface area contributed by atoms with Gasteiger partial charge in [-0.3, -0.25) is 14.6 Å². The Bertz CT molecular complexity index is 689. The molecule has 0 saturated heterocycles. The van der Waals surface area contributed by atoms with Crippen LogP contribution in [0.5, 0.6) is 0 Å². The largest absolute Gasteiger partial charge is 0.345 e. The topological polar surface area (TPSA) is 88.2 Å². The Balaban J connectivity index is 2.14. The molecule has 1 aromatic carbocycles. The van der Waals surface area contributed by atoms with Gasteiger partial charge in [0, 0.05) is 24.4 Å². The molecule has 2 atom stereocenters. The number of nitrogens with zero attached hydrogens (tertiary/aromatic N) is 1. The van der Waals surface area contributed by atoms with E-state index in [1.54, 1.807) is 19.1 Å². The van der Waals surface area contributed by atoms with Gasteiger partial charge in [0.2, 0.25) is 5.91 Å². The standard InChI is InChI=1S/C18H19N3O3/c1-13(12-22)20-18(24)16(11-14-5-3-2-4-6-14)21-17(23)15-7-9-19-10-8-15/h2-10,12-13,16H,11H2,1H3,(H,20,24)(H,21,23)/t13-,16-/m0/s1. The van der Waals surface area contributed by atoms with Crippen molar-refractivity contribution in [3.63, 3.8) is 0 Å². The molecule has 0 saturated carbocycles. The van der Waals surface area contributed by atoms with E-state index in [1.807, 2.05) is 30.3 Å².